The van der Waals surface area contributed by atoms with E-state index < -0.39 is 0 Å². The fourth-order valence-electron chi connectivity index (χ4n) is 4.38. The number of anilines is 1. The summed E-state index contributed by atoms with van der Waals surface area (Å²) in [4.78, 5) is 16.9. The van der Waals surface area contributed by atoms with E-state index >= 15 is 0 Å². The Morgan fingerprint density at radius 2 is 2.03 bits per heavy atom. The average molecular weight is 452 g/mol. The molecule has 0 saturated carbocycles. The van der Waals surface area contributed by atoms with Crippen LogP contribution in [0.4, 0.5) is 5.82 Å². The first-order valence-electron chi connectivity index (χ1n) is 10.5. The minimum Gasteiger partial charge on any atom is -0.381 e. The van der Waals surface area contributed by atoms with Crippen molar-refractivity contribution in [3.8, 4) is 6.07 Å². The molecule has 1 spiro atoms. The number of nitriles is 1. The highest BCUT2D eigenvalue weighted by atomic mass is 35.5. The summed E-state index contributed by atoms with van der Waals surface area (Å²) in [7, 11) is 0. The number of allylic oxidation sites excluding steroid dienone is 2. The van der Waals surface area contributed by atoms with Crippen molar-refractivity contribution < 1.29 is 4.74 Å². The van der Waals surface area contributed by atoms with Crippen LogP contribution in [0.15, 0.2) is 57.3 Å². The van der Waals surface area contributed by atoms with E-state index in [0.717, 1.165) is 66.2 Å². The van der Waals surface area contributed by atoms with Gasteiger partial charge in [0.05, 0.1) is 29.7 Å². The van der Waals surface area contributed by atoms with Crippen LogP contribution in [-0.2, 0) is 4.74 Å². The van der Waals surface area contributed by atoms with E-state index in [4.69, 9.17) is 21.6 Å². The van der Waals surface area contributed by atoms with E-state index in [1.165, 1.54) is 18.2 Å². The molecule has 158 valence electrons. The molecule has 2 fully saturated rings. The minimum absolute atomic E-state index is 0.384. The van der Waals surface area contributed by atoms with Crippen molar-refractivity contribution in [2.45, 2.75) is 35.6 Å². The van der Waals surface area contributed by atoms with E-state index in [0.29, 0.717) is 22.6 Å². The van der Waals surface area contributed by atoms with Crippen LogP contribution in [0.5, 0.6) is 0 Å². The van der Waals surface area contributed by atoms with E-state index in [-0.39, 0.29) is 0 Å². The van der Waals surface area contributed by atoms with Crippen LogP contribution < -0.4 is 4.90 Å². The van der Waals surface area contributed by atoms with Crippen LogP contribution in [0.1, 0.15) is 31.2 Å². The second kappa shape index (κ2) is 8.62. The van der Waals surface area contributed by atoms with Crippen molar-refractivity contribution in [3.63, 3.8) is 0 Å². The molecule has 0 N–H and O–H groups in total. The third-order valence-electron chi connectivity index (χ3n) is 6.30. The molecule has 0 bridgehead atoms. The lowest BCUT2D eigenvalue weighted by Crippen LogP contribution is -2.40. The molecule has 8 heteroatoms. The number of hydrogen-bond acceptors (Lipinski definition) is 7. The Morgan fingerprint density at radius 3 is 2.71 bits per heavy atom. The molecule has 0 amide bonds. The highest BCUT2D eigenvalue weighted by molar-refractivity contribution is 7.99. The van der Waals surface area contributed by atoms with Gasteiger partial charge < -0.3 is 9.64 Å². The van der Waals surface area contributed by atoms with Crippen LogP contribution in [0, 0.1) is 16.7 Å². The Bertz CT molecular complexity index is 1080. The first kappa shape index (κ1) is 20.5. The SMILES string of the molecule is N#CC1=CCC(c2cccc(Sc3cnc(N4CCC5(CCOC5)CC4)cn3)c2Cl)=N1. The summed E-state index contributed by atoms with van der Waals surface area (Å²) < 4.78 is 5.63. The molecule has 0 aliphatic carbocycles. The molecule has 5 rings (SSSR count). The van der Waals surface area contributed by atoms with Gasteiger partial charge in [-0.3, -0.25) is 0 Å². The summed E-state index contributed by atoms with van der Waals surface area (Å²) in [5, 5.41) is 10.5. The van der Waals surface area contributed by atoms with Crippen LogP contribution in [0.3, 0.4) is 0 Å². The lowest BCUT2D eigenvalue weighted by Gasteiger charge is -2.38. The largest absolute Gasteiger partial charge is 0.381 e. The van der Waals surface area contributed by atoms with Gasteiger partial charge in [0, 0.05) is 36.6 Å². The molecule has 0 unspecified atom stereocenters. The Morgan fingerprint density at radius 1 is 1.16 bits per heavy atom. The molecular formula is C23H22ClN5OS. The number of aromatic nitrogens is 2. The number of nitrogens with zero attached hydrogens (tertiary/aromatic N) is 5. The van der Waals surface area contributed by atoms with Crippen LogP contribution in [0.25, 0.3) is 0 Å². The molecule has 2 aromatic rings. The number of aliphatic imine (C=N–C) groups is 1. The molecule has 0 atom stereocenters. The fraction of sp³-hybridized carbons (Fsp3) is 0.391. The molecule has 0 radical (unpaired) electrons. The van der Waals surface area contributed by atoms with Gasteiger partial charge in [-0.1, -0.05) is 35.5 Å². The number of halogens is 1. The quantitative estimate of drug-likeness (QED) is 0.658. The van der Waals surface area contributed by atoms with Gasteiger partial charge in [-0.05, 0) is 36.8 Å². The van der Waals surface area contributed by atoms with E-state index in [1.54, 1.807) is 0 Å². The number of ether oxygens (including phenoxy) is 1. The van der Waals surface area contributed by atoms with Gasteiger partial charge in [0.1, 0.15) is 22.6 Å². The Hall–Kier alpha value is -2.40. The van der Waals surface area contributed by atoms with Crippen LogP contribution >= 0.6 is 23.4 Å². The van der Waals surface area contributed by atoms with Gasteiger partial charge in [-0.2, -0.15) is 5.26 Å². The van der Waals surface area contributed by atoms with E-state index in [2.05, 4.69) is 25.9 Å². The van der Waals surface area contributed by atoms with Gasteiger partial charge in [-0.15, -0.1) is 0 Å². The third-order valence-corrected chi connectivity index (χ3v) is 7.79. The van der Waals surface area contributed by atoms with Crippen molar-refractivity contribution in [3.05, 3.63) is 53.0 Å². The van der Waals surface area contributed by atoms with Crippen molar-refractivity contribution in [1.82, 2.24) is 9.97 Å². The normalized spacial score (nSPS) is 19.9. The predicted octanol–water partition coefficient (Wildman–Crippen LogP) is 4.89. The zero-order valence-electron chi connectivity index (χ0n) is 17.1. The van der Waals surface area contributed by atoms with Gasteiger partial charge in [0.25, 0.3) is 0 Å². The molecule has 4 heterocycles. The van der Waals surface area contributed by atoms with Gasteiger partial charge in [0.15, 0.2) is 0 Å². The van der Waals surface area contributed by atoms with Crippen LogP contribution in [0.2, 0.25) is 5.02 Å². The molecular weight excluding hydrogens is 430 g/mol. The molecule has 3 aliphatic rings. The summed E-state index contributed by atoms with van der Waals surface area (Å²) >= 11 is 8.15. The maximum atomic E-state index is 9.03. The first-order valence-corrected chi connectivity index (χ1v) is 11.6. The number of hydrogen-bond donors (Lipinski definition) is 0. The number of benzene rings is 1. The zero-order valence-corrected chi connectivity index (χ0v) is 18.6. The Kier molecular flexibility index (Phi) is 5.70. The van der Waals surface area contributed by atoms with Gasteiger partial charge in [0.2, 0.25) is 0 Å². The molecule has 1 aromatic carbocycles. The Balaban J connectivity index is 1.26. The smallest absolute Gasteiger partial charge is 0.147 e. The van der Waals surface area contributed by atoms with Crippen molar-refractivity contribution in [2.24, 2.45) is 10.4 Å². The topological polar surface area (TPSA) is 74.4 Å². The maximum Gasteiger partial charge on any atom is 0.147 e. The maximum absolute atomic E-state index is 9.03. The van der Waals surface area contributed by atoms with E-state index in [1.807, 2.05) is 36.7 Å². The second-order valence-corrected chi connectivity index (χ2v) is 9.63. The van der Waals surface area contributed by atoms with Gasteiger partial charge >= 0.3 is 0 Å². The summed E-state index contributed by atoms with van der Waals surface area (Å²) in [6.07, 6.45) is 9.59. The standard InChI is InChI=1S/C23H22ClN5OS/c24-22-17(18-5-4-16(12-25)28-18)2-1-3-19(22)31-21-14-26-20(13-27-21)29-9-6-23(7-10-29)8-11-30-15-23/h1-4,13-14H,5-11,15H2. The molecule has 2 saturated heterocycles. The van der Waals surface area contributed by atoms with Crippen molar-refractivity contribution in [1.29, 1.82) is 5.26 Å². The highest BCUT2D eigenvalue weighted by Crippen LogP contribution is 2.40. The lowest BCUT2D eigenvalue weighted by atomic mass is 9.78. The van der Waals surface area contributed by atoms with Crippen molar-refractivity contribution in [2.75, 3.05) is 31.2 Å². The lowest BCUT2D eigenvalue weighted by molar-refractivity contribution is 0.133. The van der Waals surface area contributed by atoms with E-state index in [9.17, 15) is 0 Å². The zero-order chi connectivity index (χ0) is 21.3. The third kappa shape index (κ3) is 4.20. The fourth-order valence-corrected chi connectivity index (χ4v) is 5.51. The first-order chi connectivity index (χ1) is 15.2. The van der Waals surface area contributed by atoms with Gasteiger partial charge in [-0.25, -0.2) is 15.0 Å². The molecule has 31 heavy (non-hydrogen) atoms. The number of piperidine rings is 1. The van der Waals surface area contributed by atoms with Crippen LogP contribution in [-0.4, -0.2) is 42.0 Å². The Labute approximate surface area is 191 Å². The minimum atomic E-state index is 0.384. The second-order valence-electron chi connectivity index (χ2n) is 8.19. The molecule has 1 aromatic heterocycles. The summed E-state index contributed by atoms with van der Waals surface area (Å²) in [6.45, 7) is 3.81. The monoisotopic (exact) mass is 451 g/mol. The predicted molar refractivity (Wildman–Crippen MR) is 122 cm³/mol. The summed E-state index contributed by atoms with van der Waals surface area (Å²) in [5.74, 6) is 0.924. The summed E-state index contributed by atoms with van der Waals surface area (Å²) in [5.41, 5.74) is 2.50. The molecule has 6 nitrogen and oxygen atoms in total. The highest BCUT2D eigenvalue weighted by Gasteiger charge is 2.38. The average Bonchev–Trinajstić information content (AvgIpc) is 3.46. The molecule has 3 aliphatic heterocycles. The van der Waals surface area contributed by atoms with Crippen molar-refractivity contribution >= 4 is 34.9 Å². The number of rotatable bonds is 4. The summed E-state index contributed by atoms with van der Waals surface area (Å²) in [6, 6.07) is 7.94.